The molecule has 0 saturated heterocycles. The molecule has 0 saturated carbocycles. The van der Waals surface area contributed by atoms with Gasteiger partial charge in [-0.3, -0.25) is 9.36 Å². The number of nitrogens with zero attached hydrogens (tertiary/aromatic N) is 2. The van der Waals surface area contributed by atoms with Crippen molar-refractivity contribution in [3.05, 3.63) is 68.6 Å². The van der Waals surface area contributed by atoms with Gasteiger partial charge in [0.05, 0.1) is 21.1 Å². The summed E-state index contributed by atoms with van der Waals surface area (Å²) >= 11 is 1.73. The maximum Gasteiger partial charge on any atom is 0.341 e. The summed E-state index contributed by atoms with van der Waals surface area (Å²) in [5, 5.41) is 12.4. The van der Waals surface area contributed by atoms with E-state index in [2.05, 4.69) is 18.4 Å². The SMILES string of the molecule is CC1(c2cccc3c4c(oc23)-c2c(F)c(=O)c(C(=O)O)cn2C([N+](C)(C)C)C4)C=CSC1. The molecule has 0 amide bonds. The highest BCUT2D eigenvalue weighted by Gasteiger charge is 2.40. The molecule has 2 aliphatic heterocycles. The Bertz CT molecular complexity index is 1380. The summed E-state index contributed by atoms with van der Waals surface area (Å²) in [6, 6.07) is 5.99. The third kappa shape index (κ3) is 2.89. The van der Waals surface area contributed by atoms with Crippen molar-refractivity contribution in [2.75, 3.05) is 26.9 Å². The monoisotopic (exact) mass is 455 g/mol. The van der Waals surface area contributed by atoms with E-state index in [1.807, 2.05) is 39.3 Å². The Labute approximate surface area is 188 Å². The van der Waals surface area contributed by atoms with Crippen LogP contribution in [0.1, 0.15) is 34.6 Å². The van der Waals surface area contributed by atoms with E-state index < -0.39 is 22.8 Å². The number of furan rings is 1. The molecule has 6 nitrogen and oxygen atoms in total. The first kappa shape index (κ1) is 21.0. The van der Waals surface area contributed by atoms with Gasteiger partial charge >= 0.3 is 5.97 Å². The number of aromatic nitrogens is 1. The maximum atomic E-state index is 15.5. The topological polar surface area (TPSA) is 72.4 Å². The molecule has 0 fully saturated rings. The normalized spacial score (nSPS) is 22.2. The molecule has 2 aromatic heterocycles. The number of hydrogen-bond donors (Lipinski definition) is 1. The Morgan fingerprint density at radius 3 is 2.72 bits per heavy atom. The van der Waals surface area contributed by atoms with Crippen LogP contribution in [0.25, 0.3) is 22.4 Å². The zero-order valence-electron chi connectivity index (χ0n) is 18.3. The molecule has 2 unspecified atom stereocenters. The van der Waals surface area contributed by atoms with E-state index in [9.17, 15) is 14.7 Å². The molecule has 166 valence electrons. The van der Waals surface area contributed by atoms with Crippen LogP contribution in [0, 0.1) is 5.82 Å². The summed E-state index contributed by atoms with van der Waals surface area (Å²) in [6.07, 6.45) is 3.62. The number of allylic oxidation sites excluding steroid dienone is 1. The van der Waals surface area contributed by atoms with Crippen molar-refractivity contribution in [3.63, 3.8) is 0 Å². The van der Waals surface area contributed by atoms with Crippen molar-refractivity contribution in [1.29, 1.82) is 0 Å². The number of rotatable bonds is 3. The molecule has 32 heavy (non-hydrogen) atoms. The zero-order valence-corrected chi connectivity index (χ0v) is 19.1. The second-order valence-electron chi connectivity index (χ2n) is 9.67. The van der Waals surface area contributed by atoms with Gasteiger partial charge in [-0.2, -0.15) is 0 Å². The smallest absolute Gasteiger partial charge is 0.341 e. The van der Waals surface area contributed by atoms with E-state index in [0.29, 0.717) is 22.2 Å². The fraction of sp³-hybridized carbons (Fsp3) is 0.333. The van der Waals surface area contributed by atoms with Crippen molar-refractivity contribution in [2.24, 2.45) is 0 Å². The number of carbonyl (C=O) groups is 1. The van der Waals surface area contributed by atoms with E-state index >= 15 is 4.39 Å². The quantitative estimate of drug-likeness (QED) is 0.594. The van der Waals surface area contributed by atoms with Crippen LogP contribution in [-0.4, -0.2) is 47.0 Å². The molecule has 1 aromatic carbocycles. The van der Waals surface area contributed by atoms with Crippen molar-refractivity contribution < 1.29 is 23.2 Å². The number of quaternary nitrogens is 1. The fourth-order valence-electron chi connectivity index (χ4n) is 4.78. The predicted octanol–water partition coefficient (Wildman–Crippen LogP) is 4.38. The number of benzene rings is 1. The Balaban J connectivity index is 1.86. The Morgan fingerprint density at radius 1 is 1.34 bits per heavy atom. The lowest BCUT2D eigenvalue weighted by Gasteiger charge is -2.39. The van der Waals surface area contributed by atoms with Crippen LogP contribution in [0.3, 0.4) is 0 Å². The van der Waals surface area contributed by atoms with Crippen LogP contribution in [0.2, 0.25) is 0 Å². The number of likely N-dealkylation sites (N-methyl/N-ethyl adjacent to an activating group) is 1. The molecular weight excluding hydrogens is 431 g/mol. The van der Waals surface area contributed by atoms with E-state index in [4.69, 9.17) is 4.42 Å². The summed E-state index contributed by atoms with van der Waals surface area (Å²) in [4.78, 5) is 24.2. The van der Waals surface area contributed by atoms with Gasteiger partial charge in [0, 0.05) is 40.3 Å². The van der Waals surface area contributed by atoms with Gasteiger partial charge in [-0.25, -0.2) is 9.18 Å². The van der Waals surface area contributed by atoms with Gasteiger partial charge < -0.3 is 14.0 Å². The molecule has 0 radical (unpaired) electrons. The van der Waals surface area contributed by atoms with Crippen molar-refractivity contribution in [2.45, 2.75) is 24.9 Å². The first-order chi connectivity index (χ1) is 15.0. The Kier molecular flexibility index (Phi) is 4.49. The predicted molar refractivity (Wildman–Crippen MR) is 123 cm³/mol. The van der Waals surface area contributed by atoms with E-state index in [-0.39, 0.29) is 17.3 Å². The lowest BCUT2D eigenvalue weighted by atomic mass is 9.83. The van der Waals surface area contributed by atoms with Gasteiger partial charge in [-0.15, -0.1) is 11.8 Å². The number of pyridine rings is 1. The number of hydrogen-bond acceptors (Lipinski definition) is 4. The minimum atomic E-state index is -1.44. The minimum absolute atomic E-state index is 0.0166. The first-order valence-electron chi connectivity index (χ1n) is 10.4. The van der Waals surface area contributed by atoms with Crippen LogP contribution in [0.15, 0.2) is 45.1 Å². The molecule has 4 heterocycles. The van der Waals surface area contributed by atoms with E-state index in [1.54, 1.807) is 16.3 Å². The second-order valence-corrected chi connectivity index (χ2v) is 10.6. The van der Waals surface area contributed by atoms with Gasteiger partial charge in [-0.1, -0.05) is 31.2 Å². The van der Waals surface area contributed by atoms with Gasteiger partial charge in [0.25, 0.3) is 0 Å². The first-order valence-corrected chi connectivity index (χ1v) is 11.4. The molecular formula is C24H24FN2O4S+. The van der Waals surface area contributed by atoms with Crippen LogP contribution in [-0.2, 0) is 11.8 Å². The van der Waals surface area contributed by atoms with Crippen LogP contribution < -0.4 is 5.43 Å². The summed E-state index contributed by atoms with van der Waals surface area (Å²) in [6.45, 7) is 2.15. The highest BCUT2D eigenvalue weighted by atomic mass is 32.2. The molecule has 2 aliphatic rings. The number of thioether (sulfide) groups is 1. The van der Waals surface area contributed by atoms with Crippen molar-refractivity contribution >= 4 is 28.7 Å². The number of para-hydroxylation sites is 1. The summed E-state index contributed by atoms with van der Waals surface area (Å²) in [7, 11) is 5.89. The lowest BCUT2D eigenvalue weighted by Crippen LogP contribution is -2.45. The fourth-order valence-corrected chi connectivity index (χ4v) is 5.87. The zero-order chi connectivity index (χ0) is 23.0. The number of fused-ring (bicyclic) bond motifs is 5. The van der Waals surface area contributed by atoms with Crippen molar-refractivity contribution in [1.82, 2.24) is 4.57 Å². The van der Waals surface area contributed by atoms with Gasteiger partial charge in [0.15, 0.2) is 17.7 Å². The number of aromatic carboxylic acids is 1. The van der Waals surface area contributed by atoms with E-state index in [1.165, 1.54) is 6.20 Å². The van der Waals surface area contributed by atoms with E-state index in [0.717, 1.165) is 22.3 Å². The molecule has 5 rings (SSSR count). The maximum absolute atomic E-state index is 15.5. The minimum Gasteiger partial charge on any atom is -0.477 e. The molecule has 0 bridgehead atoms. The molecule has 0 spiro atoms. The highest BCUT2D eigenvalue weighted by Crippen LogP contribution is 2.47. The van der Waals surface area contributed by atoms with Gasteiger partial charge in [0.2, 0.25) is 5.43 Å². The number of carboxylic acid groups (broad SMARTS) is 1. The summed E-state index contributed by atoms with van der Waals surface area (Å²) in [5.74, 6) is -1.35. The second kappa shape index (κ2) is 6.83. The van der Waals surface area contributed by atoms with Crippen LogP contribution >= 0.6 is 11.8 Å². The summed E-state index contributed by atoms with van der Waals surface area (Å²) in [5.41, 5.74) is 0.654. The lowest BCUT2D eigenvalue weighted by molar-refractivity contribution is -0.912. The molecule has 2 atom stereocenters. The molecule has 1 N–H and O–H groups in total. The molecule has 0 aliphatic carbocycles. The third-order valence-electron chi connectivity index (χ3n) is 6.57. The largest absolute Gasteiger partial charge is 0.477 e. The molecule has 3 aromatic rings. The Hall–Kier alpha value is -2.84. The van der Waals surface area contributed by atoms with Crippen LogP contribution in [0.4, 0.5) is 4.39 Å². The number of halogens is 1. The Morgan fingerprint density at radius 2 is 2.09 bits per heavy atom. The number of carboxylic acids is 1. The highest BCUT2D eigenvalue weighted by molar-refractivity contribution is 8.02. The third-order valence-corrected chi connectivity index (χ3v) is 7.67. The van der Waals surface area contributed by atoms with Gasteiger partial charge in [-0.05, 0) is 5.41 Å². The summed E-state index contributed by atoms with van der Waals surface area (Å²) < 4.78 is 23.8. The standard InChI is InChI=1S/C24H23FN2O4S/c1-24(8-9-32-12-24)16-7-5-6-13-14-10-17(27(2,3)4)26-11-15(23(29)30)20(28)18(25)19(26)22(14)31-21(13)16/h5-9,11,17H,10,12H2,1-4H3/p+1. The molecule has 8 heteroatoms. The van der Waals surface area contributed by atoms with Gasteiger partial charge in [0.1, 0.15) is 16.8 Å². The average Bonchev–Trinajstić information content (AvgIpc) is 3.32. The van der Waals surface area contributed by atoms with Crippen LogP contribution in [0.5, 0.6) is 0 Å². The van der Waals surface area contributed by atoms with Crippen molar-refractivity contribution in [3.8, 4) is 11.5 Å². The average molecular weight is 456 g/mol.